The highest BCUT2D eigenvalue weighted by Crippen LogP contribution is 2.27. The van der Waals surface area contributed by atoms with Crippen LogP contribution in [-0.4, -0.2) is 40.8 Å². The number of benzene rings is 1. The van der Waals surface area contributed by atoms with E-state index in [2.05, 4.69) is 4.72 Å². The number of hydrogen-bond donors (Lipinski definition) is 1. The van der Waals surface area contributed by atoms with Gasteiger partial charge in [-0.2, -0.15) is 0 Å². The van der Waals surface area contributed by atoms with Crippen molar-refractivity contribution in [3.05, 3.63) is 18.2 Å². The van der Waals surface area contributed by atoms with Crippen LogP contribution in [0.3, 0.4) is 0 Å². The molecule has 1 aromatic carbocycles. The summed E-state index contributed by atoms with van der Waals surface area (Å²) in [7, 11) is -1.02. The monoisotopic (exact) mass is 345 g/mol. The van der Waals surface area contributed by atoms with Gasteiger partial charge in [-0.05, 0) is 32.9 Å². The lowest BCUT2D eigenvalue weighted by Crippen LogP contribution is -2.29. The van der Waals surface area contributed by atoms with Crippen LogP contribution in [0.4, 0.5) is 0 Å². The van der Waals surface area contributed by atoms with E-state index in [9.17, 15) is 13.2 Å². The van der Waals surface area contributed by atoms with Crippen molar-refractivity contribution in [1.82, 2.24) is 4.72 Å². The van der Waals surface area contributed by atoms with E-state index in [1.54, 1.807) is 26.8 Å². The van der Waals surface area contributed by atoms with Crippen molar-refractivity contribution in [1.29, 1.82) is 0 Å². The van der Waals surface area contributed by atoms with E-state index in [0.717, 1.165) is 0 Å². The molecule has 0 aromatic heterocycles. The van der Waals surface area contributed by atoms with Gasteiger partial charge in [-0.3, -0.25) is 4.79 Å². The molecule has 0 aliphatic heterocycles. The number of sulfonamides is 1. The molecule has 0 aliphatic carbocycles. The lowest BCUT2D eigenvalue weighted by molar-refractivity contribution is -0.154. The van der Waals surface area contributed by atoms with Gasteiger partial charge in [0.2, 0.25) is 10.0 Å². The molecular formula is C15H23NO6S. The van der Waals surface area contributed by atoms with Gasteiger partial charge in [-0.1, -0.05) is 0 Å². The van der Waals surface area contributed by atoms with Crippen LogP contribution >= 0.6 is 0 Å². The summed E-state index contributed by atoms with van der Waals surface area (Å²) < 4.78 is 42.3. The number of carbonyl (C=O) groups excluding carboxylic acids is 1. The maximum atomic E-state index is 12.3. The van der Waals surface area contributed by atoms with Gasteiger partial charge in [0.25, 0.3) is 0 Å². The Morgan fingerprint density at radius 2 is 1.83 bits per heavy atom. The second-order valence-corrected chi connectivity index (χ2v) is 7.49. The maximum Gasteiger partial charge on any atom is 0.307 e. The Morgan fingerprint density at radius 1 is 1.17 bits per heavy atom. The SMILES string of the molecule is COc1ccc(OC)c(S(=O)(=O)NCCC(=O)OC(C)(C)C)c1. The smallest absolute Gasteiger partial charge is 0.307 e. The van der Waals surface area contributed by atoms with Crippen LogP contribution < -0.4 is 14.2 Å². The Hall–Kier alpha value is -1.80. The number of hydrogen-bond acceptors (Lipinski definition) is 6. The summed E-state index contributed by atoms with van der Waals surface area (Å²) in [4.78, 5) is 11.6. The molecule has 0 spiro atoms. The number of ether oxygens (including phenoxy) is 3. The second kappa shape index (κ2) is 7.65. The molecule has 0 atom stereocenters. The molecule has 130 valence electrons. The van der Waals surface area contributed by atoms with E-state index in [0.29, 0.717) is 5.75 Å². The van der Waals surface area contributed by atoms with Crippen LogP contribution in [0, 0.1) is 0 Å². The van der Waals surface area contributed by atoms with Gasteiger partial charge in [0, 0.05) is 12.6 Å². The fraction of sp³-hybridized carbons (Fsp3) is 0.533. The van der Waals surface area contributed by atoms with E-state index in [1.807, 2.05) is 0 Å². The first-order valence-corrected chi connectivity index (χ1v) is 8.51. The molecule has 1 rings (SSSR count). The van der Waals surface area contributed by atoms with Crippen LogP contribution in [0.25, 0.3) is 0 Å². The van der Waals surface area contributed by atoms with E-state index in [1.165, 1.54) is 26.4 Å². The molecule has 23 heavy (non-hydrogen) atoms. The summed E-state index contributed by atoms with van der Waals surface area (Å²) in [6.07, 6.45) is -0.0667. The van der Waals surface area contributed by atoms with Crippen LogP contribution in [0.15, 0.2) is 23.1 Å². The minimum absolute atomic E-state index is 0.0523. The first-order chi connectivity index (χ1) is 10.6. The van der Waals surface area contributed by atoms with Crippen LogP contribution in [0.2, 0.25) is 0 Å². The molecule has 0 fully saturated rings. The van der Waals surface area contributed by atoms with Crippen LogP contribution in [-0.2, 0) is 19.6 Å². The van der Waals surface area contributed by atoms with E-state index >= 15 is 0 Å². The molecule has 0 unspecified atom stereocenters. The minimum Gasteiger partial charge on any atom is -0.497 e. The molecule has 0 saturated carbocycles. The highest BCUT2D eigenvalue weighted by Gasteiger charge is 2.21. The number of carbonyl (C=O) groups is 1. The average molecular weight is 345 g/mol. The van der Waals surface area contributed by atoms with Gasteiger partial charge in [0.1, 0.15) is 22.0 Å². The summed E-state index contributed by atoms with van der Waals surface area (Å²) in [6.45, 7) is 5.17. The fourth-order valence-electron chi connectivity index (χ4n) is 1.75. The molecule has 7 nitrogen and oxygen atoms in total. The molecule has 0 aliphatic rings. The van der Waals surface area contributed by atoms with Gasteiger partial charge < -0.3 is 14.2 Å². The zero-order chi connectivity index (χ0) is 17.7. The average Bonchev–Trinajstić information content (AvgIpc) is 2.44. The van der Waals surface area contributed by atoms with Crippen molar-refractivity contribution < 1.29 is 27.4 Å². The van der Waals surface area contributed by atoms with Crippen LogP contribution in [0.1, 0.15) is 27.2 Å². The van der Waals surface area contributed by atoms with Crippen molar-refractivity contribution in [3.63, 3.8) is 0 Å². The zero-order valence-corrected chi connectivity index (χ0v) is 14.8. The molecule has 8 heteroatoms. The molecule has 0 saturated heterocycles. The maximum absolute atomic E-state index is 12.3. The first-order valence-electron chi connectivity index (χ1n) is 7.02. The van der Waals surface area contributed by atoms with E-state index in [-0.39, 0.29) is 23.6 Å². The van der Waals surface area contributed by atoms with Crippen molar-refractivity contribution in [2.24, 2.45) is 0 Å². The van der Waals surface area contributed by atoms with Crippen molar-refractivity contribution in [2.45, 2.75) is 37.7 Å². The molecule has 1 aromatic rings. The summed E-state index contributed by atoms with van der Waals surface area (Å²) in [5.41, 5.74) is -0.605. The Labute approximate surface area is 137 Å². The zero-order valence-electron chi connectivity index (χ0n) is 14.0. The summed E-state index contributed by atoms with van der Waals surface area (Å²) in [6, 6.07) is 4.45. The van der Waals surface area contributed by atoms with Gasteiger partial charge in [-0.25, -0.2) is 13.1 Å². The largest absolute Gasteiger partial charge is 0.497 e. The number of methoxy groups -OCH3 is 2. The molecule has 0 radical (unpaired) electrons. The summed E-state index contributed by atoms with van der Waals surface area (Å²) >= 11 is 0. The molecule has 0 amide bonds. The predicted octanol–water partition coefficient (Wildman–Crippen LogP) is 1.71. The Bertz CT molecular complexity index is 648. The lowest BCUT2D eigenvalue weighted by atomic mass is 10.2. The van der Waals surface area contributed by atoms with E-state index < -0.39 is 21.6 Å². The van der Waals surface area contributed by atoms with E-state index in [4.69, 9.17) is 14.2 Å². The molecule has 1 N–H and O–H groups in total. The summed E-state index contributed by atoms with van der Waals surface area (Å²) in [5, 5.41) is 0. The Balaban J connectivity index is 2.78. The minimum atomic E-state index is -3.84. The second-order valence-electron chi connectivity index (χ2n) is 5.75. The van der Waals surface area contributed by atoms with Crippen LogP contribution in [0.5, 0.6) is 11.5 Å². The number of rotatable bonds is 7. The fourth-order valence-corrected chi connectivity index (χ4v) is 2.97. The third-order valence-electron chi connectivity index (χ3n) is 2.70. The van der Waals surface area contributed by atoms with Crippen molar-refractivity contribution in [2.75, 3.05) is 20.8 Å². The molecule has 0 bridgehead atoms. The summed E-state index contributed by atoms with van der Waals surface area (Å²) in [5.74, 6) is 0.103. The Kier molecular flexibility index (Phi) is 6.40. The third-order valence-corrected chi connectivity index (χ3v) is 4.18. The first kappa shape index (κ1) is 19.2. The number of esters is 1. The lowest BCUT2D eigenvalue weighted by Gasteiger charge is -2.19. The predicted molar refractivity (Wildman–Crippen MR) is 85.2 cm³/mol. The standard InChI is InChI=1S/C15H23NO6S/c1-15(2,3)22-14(17)8-9-16-23(18,19)13-10-11(20-4)6-7-12(13)21-5/h6-7,10,16H,8-9H2,1-5H3. The third kappa shape index (κ3) is 6.07. The Morgan fingerprint density at radius 3 is 2.35 bits per heavy atom. The highest BCUT2D eigenvalue weighted by atomic mass is 32.2. The molecular weight excluding hydrogens is 322 g/mol. The van der Waals surface area contributed by atoms with Gasteiger partial charge in [0.15, 0.2) is 0 Å². The highest BCUT2D eigenvalue weighted by molar-refractivity contribution is 7.89. The topological polar surface area (TPSA) is 90.9 Å². The van der Waals surface area contributed by atoms with Gasteiger partial charge >= 0.3 is 5.97 Å². The van der Waals surface area contributed by atoms with Crippen molar-refractivity contribution in [3.8, 4) is 11.5 Å². The van der Waals surface area contributed by atoms with Crippen molar-refractivity contribution >= 4 is 16.0 Å². The van der Waals surface area contributed by atoms with Gasteiger partial charge in [-0.15, -0.1) is 0 Å². The number of nitrogens with one attached hydrogen (secondary N) is 1. The quantitative estimate of drug-likeness (QED) is 0.757. The normalized spacial score (nSPS) is 11.9. The molecule has 0 heterocycles. The van der Waals surface area contributed by atoms with Gasteiger partial charge in [0.05, 0.1) is 20.6 Å².